The molecule has 0 aliphatic carbocycles. The summed E-state index contributed by atoms with van der Waals surface area (Å²) in [7, 11) is 0. The molecule has 45 valence electrons. The molecule has 4 heteroatoms. The lowest BCUT2D eigenvalue weighted by Crippen LogP contribution is -2.25. The van der Waals surface area contributed by atoms with Gasteiger partial charge >= 0.3 is 0 Å². The molecular formula is C5H3N2O2. The summed E-state index contributed by atoms with van der Waals surface area (Å²) in [4.78, 5) is 13.3. The van der Waals surface area contributed by atoms with Crippen LogP contribution in [0.2, 0.25) is 0 Å². The van der Waals surface area contributed by atoms with Crippen LogP contribution in [-0.4, -0.2) is 11.3 Å². The van der Waals surface area contributed by atoms with Gasteiger partial charge in [-0.25, -0.2) is 4.73 Å². The number of carbonyl (C=O) groups excluding carboxylic acids is 1. The van der Waals surface area contributed by atoms with Gasteiger partial charge in [0.2, 0.25) is 6.29 Å². The van der Waals surface area contributed by atoms with Gasteiger partial charge in [-0.3, -0.25) is 4.79 Å². The molecule has 1 radical (unpaired) electrons. The summed E-state index contributed by atoms with van der Waals surface area (Å²) in [6.45, 7) is 0. The Morgan fingerprint density at radius 2 is 2.56 bits per heavy atom. The highest BCUT2D eigenvalue weighted by Gasteiger charge is 1.93. The van der Waals surface area contributed by atoms with E-state index in [0.717, 1.165) is 12.5 Å². The maximum Gasteiger partial charge on any atom is 0.289 e. The standard InChI is InChI=1S/C5H3N2O2/c8-3-5-1-6-4-7(9)2-5/h1-2,4H. The topological polar surface area (TPSA) is 56.9 Å². The van der Waals surface area contributed by atoms with Crippen LogP contribution in [0.3, 0.4) is 0 Å². The second kappa shape index (κ2) is 2.21. The predicted octanol–water partition coefficient (Wildman–Crippen LogP) is -0.827. The van der Waals surface area contributed by atoms with Crippen LogP contribution in [0.1, 0.15) is 5.56 Å². The summed E-state index contributed by atoms with van der Waals surface area (Å²) in [5.41, 5.74) is 0.160. The smallest absolute Gasteiger partial charge is 0.289 e. The fourth-order valence-corrected chi connectivity index (χ4v) is 0.436. The third kappa shape index (κ3) is 1.22. The second-order valence-corrected chi connectivity index (χ2v) is 1.44. The van der Waals surface area contributed by atoms with E-state index in [1.807, 2.05) is 0 Å². The Balaban J connectivity index is 3.07. The Morgan fingerprint density at radius 1 is 1.78 bits per heavy atom. The molecule has 0 aliphatic rings. The molecule has 1 aromatic rings. The van der Waals surface area contributed by atoms with Crippen molar-refractivity contribution in [3.8, 4) is 0 Å². The highest BCUT2D eigenvalue weighted by atomic mass is 16.5. The van der Waals surface area contributed by atoms with E-state index in [2.05, 4.69) is 4.98 Å². The molecule has 1 heterocycles. The van der Waals surface area contributed by atoms with Crippen molar-refractivity contribution in [1.29, 1.82) is 0 Å². The van der Waals surface area contributed by atoms with Crippen LogP contribution >= 0.6 is 0 Å². The maximum atomic E-state index is 10.3. The minimum atomic E-state index is 0.160. The molecule has 1 aromatic heterocycles. The first-order valence-electron chi connectivity index (χ1n) is 2.25. The normalized spacial score (nSPS) is 8.89. The van der Waals surface area contributed by atoms with Crippen molar-refractivity contribution in [3.63, 3.8) is 0 Å². The van der Waals surface area contributed by atoms with Gasteiger partial charge in [0, 0.05) is 0 Å². The fourth-order valence-electron chi connectivity index (χ4n) is 0.436. The van der Waals surface area contributed by atoms with Crippen molar-refractivity contribution in [2.75, 3.05) is 0 Å². The van der Waals surface area contributed by atoms with Crippen LogP contribution in [-0.2, 0) is 4.79 Å². The third-order valence-electron chi connectivity index (χ3n) is 0.778. The Hall–Kier alpha value is -1.45. The molecule has 0 saturated carbocycles. The van der Waals surface area contributed by atoms with Crippen molar-refractivity contribution in [1.82, 2.24) is 4.98 Å². The number of rotatable bonds is 1. The molecular weight excluding hydrogens is 120 g/mol. The lowest BCUT2D eigenvalue weighted by atomic mass is 10.4. The van der Waals surface area contributed by atoms with Gasteiger partial charge in [0.1, 0.15) is 11.8 Å². The fraction of sp³-hybridized carbons (Fsp3) is 0. The van der Waals surface area contributed by atoms with E-state index in [-0.39, 0.29) is 5.56 Å². The van der Waals surface area contributed by atoms with Crippen LogP contribution in [0.25, 0.3) is 0 Å². The van der Waals surface area contributed by atoms with Gasteiger partial charge in [-0.2, -0.15) is 0 Å². The third-order valence-corrected chi connectivity index (χ3v) is 0.778. The first-order chi connectivity index (χ1) is 4.33. The van der Waals surface area contributed by atoms with Crippen molar-refractivity contribution in [3.05, 3.63) is 29.5 Å². The van der Waals surface area contributed by atoms with E-state index < -0.39 is 0 Å². The van der Waals surface area contributed by atoms with E-state index in [4.69, 9.17) is 0 Å². The summed E-state index contributed by atoms with van der Waals surface area (Å²) in [5, 5.41) is 10.3. The molecule has 0 spiro atoms. The number of nitrogens with zero attached hydrogens (tertiary/aromatic N) is 2. The predicted molar refractivity (Wildman–Crippen MR) is 28.0 cm³/mol. The van der Waals surface area contributed by atoms with Crippen molar-refractivity contribution >= 4 is 6.29 Å². The SMILES string of the molecule is O=[C]c1cnc[n+]([O-])c1. The molecule has 0 fully saturated rings. The van der Waals surface area contributed by atoms with Gasteiger partial charge in [0.05, 0.1) is 0 Å². The van der Waals surface area contributed by atoms with Crippen LogP contribution in [0.4, 0.5) is 0 Å². The Labute approximate surface area is 51.4 Å². The molecule has 0 bridgehead atoms. The molecule has 0 atom stereocenters. The minimum absolute atomic E-state index is 0.160. The monoisotopic (exact) mass is 123 g/mol. The lowest BCUT2D eigenvalue weighted by Gasteiger charge is -1.94. The van der Waals surface area contributed by atoms with Crippen molar-refractivity contribution in [2.24, 2.45) is 0 Å². The molecule has 1 rings (SSSR count). The van der Waals surface area contributed by atoms with Crippen molar-refractivity contribution in [2.45, 2.75) is 0 Å². The molecule has 0 amide bonds. The molecule has 0 aromatic carbocycles. The Bertz CT molecular complexity index is 224. The van der Waals surface area contributed by atoms with Gasteiger partial charge < -0.3 is 5.21 Å². The number of hydrogen-bond donors (Lipinski definition) is 0. The van der Waals surface area contributed by atoms with Gasteiger partial charge in [0.25, 0.3) is 6.33 Å². The summed E-state index contributed by atoms with van der Waals surface area (Å²) >= 11 is 0. The van der Waals surface area contributed by atoms with Crippen LogP contribution < -0.4 is 4.73 Å². The first kappa shape index (κ1) is 5.68. The van der Waals surface area contributed by atoms with E-state index in [0.29, 0.717) is 4.73 Å². The summed E-state index contributed by atoms with van der Waals surface area (Å²) in [5.74, 6) is 0. The zero-order valence-electron chi connectivity index (χ0n) is 4.44. The van der Waals surface area contributed by atoms with E-state index in [1.165, 1.54) is 12.5 Å². The van der Waals surface area contributed by atoms with E-state index in [1.54, 1.807) is 0 Å². The summed E-state index contributed by atoms with van der Waals surface area (Å²) in [6.07, 6.45) is 4.95. The van der Waals surface area contributed by atoms with Crippen molar-refractivity contribution < 1.29 is 9.52 Å². The zero-order valence-corrected chi connectivity index (χ0v) is 4.44. The summed E-state index contributed by atoms with van der Waals surface area (Å²) < 4.78 is 0.445. The van der Waals surface area contributed by atoms with Gasteiger partial charge in [-0.1, -0.05) is 4.98 Å². The van der Waals surface area contributed by atoms with Crippen LogP contribution in [0, 0.1) is 5.21 Å². The maximum absolute atomic E-state index is 10.3. The molecule has 0 unspecified atom stereocenters. The molecule has 0 N–H and O–H groups in total. The van der Waals surface area contributed by atoms with E-state index >= 15 is 0 Å². The summed E-state index contributed by atoms with van der Waals surface area (Å²) in [6, 6.07) is 0. The van der Waals surface area contributed by atoms with Gasteiger partial charge in [-0.05, 0) is 0 Å². The molecule has 4 nitrogen and oxygen atoms in total. The first-order valence-corrected chi connectivity index (χ1v) is 2.25. The Morgan fingerprint density at radius 3 is 3.00 bits per heavy atom. The molecule has 9 heavy (non-hydrogen) atoms. The second-order valence-electron chi connectivity index (χ2n) is 1.44. The minimum Gasteiger partial charge on any atom is -0.711 e. The quantitative estimate of drug-likeness (QED) is 0.362. The van der Waals surface area contributed by atoms with Gasteiger partial charge in [-0.15, -0.1) is 0 Å². The molecule has 0 saturated heterocycles. The molecule has 0 aliphatic heterocycles. The van der Waals surface area contributed by atoms with Gasteiger partial charge in [0.15, 0.2) is 6.20 Å². The van der Waals surface area contributed by atoms with E-state index in [9.17, 15) is 10.0 Å². The van der Waals surface area contributed by atoms with Crippen LogP contribution in [0.15, 0.2) is 18.7 Å². The number of hydrogen-bond acceptors (Lipinski definition) is 3. The highest BCUT2D eigenvalue weighted by Crippen LogP contribution is 1.81. The highest BCUT2D eigenvalue weighted by molar-refractivity contribution is 5.73. The average molecular weight is 123 g/mol. The average Bonchev–Trinajstić information content (AvgIpc) is 1.88. The van der Waals surface area contributed by atoms with Crippen LogP contribution in [0.5, 0.6) is 0 Å². The number of aromatic nitrogens is 2. The Kier molecular flexibility index (Phi) is 1.40. The zero-order chi connectivity index (χ0) is 6.69. The largest absolute Gasteiger partial charge is 0.711 e. The lowest BCUT2D eigenvalue weighted by molar-refractivity contribution is -0.608.